The van der Waals surface area contributed by atoms with Gasteiger partial charge in [-0.3, -0.25) is 9.59 Å². The molecular formula is C22H18ClN3O4. The van der Waals surface area contributed by atoms with Gasteiger partial charge in [0, 0.05) is 36.8 Å². The normalized spacial score (nSPS) is 12.7. The third-order valence-electron chi connectivity index (χ3n) is 4.49. The van der Waals surface area contributed by atoms with E-state index in [1.54, 1.807) is 66.5 Å². The van der Waals surface area contributed by atoms with Crippen LogP contribution in [0.5, 0.6) is 11.5 Å². The Morgan fingerprint density at radius 3 is 2.67 bits per heavy atom. The van der Waals surface area contributed by atoms with Gasteiger partial charge in [0.15, 0.2) is 17.3 Å². The van der Waals surface area contributed by atoms with E-state index in [0.717, 1.165) is 5.56 Å². The lowest BCUT2D eigenvalue weighted by molar-refractivity contribution is -0.111. The number of hydrogen-bond donors (Lipinski definition) is 1. The van der Waals surface area contributed by atoms with Gasteiger partial charge < -0.3 is 19.4 Å². The average Bonchev–Trinajstić information content (AvgIpc) is 3.18. The Morgan fingerprint density at radius 1 is 1.17 bits per heavy atom. The maximum atomic E-state index is 12.4. The quantitative estimate of drug-likeness (QED) is 0.499. The van der Waals surface area contributed by atoms with Gasteiger partial charge in [-0.2, -0.15) is 0 Å². The predicted octanol–water partition coefficient (Wildman–Crippen LogP) is 3.73. The molecule has 152 valence electrons. The molecular weight excluding hydrogens is 406 g/mol. The summed E-state index contributed by atoms with van der Waals surface area (Å²) in [5.74, 6) is 0.930. The van der Waals surface area contributed by atoms with Gasteiger partial charge in [-0.25, -0.2) is 4.98 Å². The molecule has 2 heterocycles. The summed E-state index contributed by atoms with van der Waals surface area (Å²) in [5, 5.41) is 3.19. The van der Waals surface area contributed by atoms with E-state index in [1.165, 1.54) is 6.08 Å². The van der Waals surface area contributed by atoms with Crippen molar-refractivity contribution in [3.63, 3.8) is 0 Å². The summed E-state index contributed by atoms with van der Waals surface area (Å²) in [5.41, 5.74) is 1.78. The Kier molecular flexibility index (Phi) is 5.54. The molecule has 0 radical (unpaired) electrons. The van der Waals surface area contributed by atoms with Crippen molar-refractivity contribution >= 4 is 35.1 Å². The van der Waals surface area contributed by atoms with E-state index in [4.69, 9.17) is 21.1 Å². The van der Waals surface area contributed by atoms with Crippen LogP contribution in [0.3, 0.4) is 0 Å². The monoisotopic (exact) mass is 423 g/mol. The van der Waals surface area contributed by atoms with Crippen LogP contribution in [-0.2, 0) is 11.8 Å². The minimum Gasteiger partial charge on any atom is -0.486 e. The van der Waals surface area contributed by atoms with Crippen molar-refractivity contribution in [2.45, 2.75) is 0 Å². The molecule has 0 atom stereocenters. The fraction of sp³-hybridized carbons (Fsp3) is 0.136. The van der Waals surface area contributed by atoms with Gasteiger partial charge in [-0.1, -0.05) is 11.6 Å². The summed E-state index contributed by atoms with van der Waals surface area (Å²) in [6.07, 6.45) is 6.32. The molecule has 1 N–H and O–H groups in total. The number of ether oxygens (including phenoxy) is 2. The van der Waals surface area contributed by atoms with Crippen LogP contribution in [0.1, 0.15) is 21.7 Å². The van der Waals surface area contributed by atoms with Crippen molar-refractivity contribution in [2.75, 3.05) is 18.5 Å². The predicted molar refractivity (Wildman–Crippen MR) is 113 cm³/mol. The third kappa shape index (κ3) is 4.21. The van der Waals surface area contributed by atoms with E-state index in [9.17, 15) is 9.59 Å². The lowest BCUT2D eigenvalue weighted by atomic mass is 10.1. The zero-order valence-electron chi connectivity index (χ0n) is 16.1. The van der Waals surface area contributed by atoms with Crippen LogP contribution >= 0.6 is 11.6 Å². The second-order valence-corrected chi connectivity index (χ2v) is 7.02. The molecule has 2 aromatic carbocycles. The number of hydrogen-bond acceptors (Lipinski definition) is 5. The number of anilines is 1. The van der Waals surface area contributed by atoms with Gasteiger partial charge in [-0.05, 0) is 48.0 Å². The van der Waals surface area contributed by atoms with Crippen molar-refractivity contribution in [1.82, 2.24) is 9.55 Å². The van der Waals surface area contributed by atoms with Crippen LogP contribution < -0.4 is 14.8 Å². The summed E-state index contributed by atoms with van der Waals surface area (Å²) in [7, 11) is 1.76. The SMILES string of the molecule is Cn1ccnc1C(=O)c1ccc(NC(=O)C=Cc2cc(Cl)c3c(c2)OCCO3)cc1. The highest BCUT2D eigenvalue weighted by Gasteiger charge is 2.16. The number of aromatic nitrogens is 2. The average molecular weight is 424 g/mol. The van der Waals surface area contributed by atoms with Crippen LogP contribution in [-0.4, -0.2) is 34.5 Å². The number of nitrogens with zero attached hydrogens (tertiary/aromatic N) is 2. The second-order valence-electron chi connectivity index (χ2n) is 6.62. The number of carbonyl (C=O) groups excluding carboxylic acids is 2. The number of carbonyl (C=O) groups is 2. The lowest BCUT2D eigenvalue weighted by Crippen LogP contribution is -2.15. The Bertz CT molecular complexity index is 1140. The molecule has 30 heavy (non-hydrogen) atoms. The maximum absolute atomic E-state index is 12.4. The first-order valence-electron chi connectivity index (χ1n) is 9.21. The molecule has 1 aliphatic heterocycles. The van der Waals surface area contributed by atoms with Gasteiger partial charge in [0.2, 0.25) is 11.7 Å². The maximum Gasteiger partial charge on any atom is 0.248 e. The molecule has 1 aliphatic rings. The molecule has 0 bridgehead atoms. The van der Waals surface area contributed by atoms with Crippen molar-refractivity contribution in [3.05, 3.63) is 76.8 Å². The van der Waals surface area contributed by atoms with Gasteiger partial charge in [-0.15, -0.1) is 0 Å². The Balaban J connectivity index is 1.41. The minimum absolute atomic E-state index is 0.184. The fourth-order valence-electron chi connectivity index (χ4n) is 3.00. The Hall–Kier alpha value is -3.58. The molecule has 0 fully saturated rings. The van der Waals surface area contributed by atoms with E-state index in [0.29, 0.717) is 46.8 Å². The number of nitrogens with one attached hydrogen (secondary N) is 1. The van der Waals surface area contributed by atoms with Gasteiger partial charge in [0.1, 0.15) is 13.2 Å². The molecule has 0 spiro atoms. The molecule has 3 aromatic rings. The standard InChI is InChI=1S/C22H18ClN3O4/c1-26-9-8-24-22(26)20(28)15-3-5-16(6-4-15)25-19(27)7-2-14-12-17(23)21-18(13-14)29-10-11-30-21/h2-9,12-13H,10-11H2,1H3,(H,25,27). The Morgan fingerprint density at radius 2 is 1.93 bits per heavy atom. The summed E-state index contributed by atoms with van der Waals surface area (Å²) in [6.45, 7) is 0.909. The van der Waals surface area contributed by atoms with Crippen molar-refractivity contribution in [3.8, 4) is 11.5 Å². The number of ketones is 1. The highest BCUT2D eigenvalue weighted by atomic mass is 35.5. The second kappa shape index (κ2) is 8.42. The van der Waals surface area contributed by atoms with E-state index in [2.05, 4.69) is 10.3 Å². The number of fused-ring (bicyclic) bond motifs is 1. The number of rotatable bonds is 5. The Labute approximate surface area is 177 Å². The topological polar surface area (TPSA) is 82.5 Å². The van der Waals surface area contributed by atoms with Gasteiger partial charge in [0.05, 0.1) is 5.02 Å². The summed E-state index contributed by atoms with van der Waals surface area (Å²) in [6, 6.07) is 10.1. The molecule has 1 aromatic heterocycles. The minimum atomic E-state index is -0.316. The summed E-state index contributed by atoms with van der Waals surface area (Å²) >= 11 is 6.21. The molecule has 0 unspecified atom stereocenters. The fourth-order valence-corrected chi connectivity index (χ4v) is 3.27. The largest absolute Gasteiger partial charge is 0.486 e. The highest BCUT2D eigenvalue weighted by molar-refractivity contribution is 6.32. The van der Waals surface area contributed by atoms with Crippen molar-refractivity contribution in [1.29, 1.82) is 0 Å². The number of aryl methyl sites for hydroxylation is 1. The molecule has 0 saturated carbocycles. The molecule has 0 saturated heterocycles. The van der Waals surface area contributed by atoms with Crippen LogP contribution in [0.15, 0.2) is 54.9 Å². The van der Waals surface area contributed by atoms with E-state index < -0.39 is 0 Å². The van der Waals surface area contributed by atoms with Crippen molar-refractivity contribution in [2.24, 2.45) is 7.05 Å². The van der Waals surface area contributed by atoms with Crippen LogP contribution in [0.2, 0.25) is 5.02 Å². The zero-order chi connectivity index (χ0) is 21.1. The summed E-state index contributed by atoms with van der Waals surface area (Å²) < 4.78 is 12.7. The first-order chi connectivity index (χ1) is 14.5. The summed E-state index contributed by atoms with van der Waals surface area (Å²) in [4.78, 5) is 28.7. The van der Waals surface area contributed by atoms with E-state index in [1.807, 2.05) is 0 Å². The van der Waals surface area contributed by atoms with E-state index >= 15 is 0 Å². The third-order valence-corrected chi connectivity index (χ3v) is 4.77. The number of amides is 1. The molecule has 1 amide bonds. The molecule has 7 nitrogen and oxygen atoms in total. The van der Waals surface area contributed by atoms with Gasteiger partial charge >= 0.3 is 0 Å². The smallest absolute Gasteiger partial charge is 0.248 e. The van der Waals surface area contributed by atoms with Crippen LogP contribution in [0, 0.1) is 0 Å². The molecule has 4 rings (SSSR count). The zero-order valence-corrected chi connectivity index (χ0v) is 16.8. The first kappa shape index (κ1) is 19.7. The number of benzene rings is 2. The highest BCUT2D eigenvalue weighted by Crippen LogP contribution is 2.38. The van der Waals surface area contributed by atoms with Crippen molar-refractivity contribution < 1.29 is 19.1 Å². The van der Waals surface area contributed by atoms with Gasteiger partial charge in [0.25, 0.3) is 0 Å². The van der Waals surface area contributed by atoms with Crippen LogP contribution in [0.4, 0.5) is 5.69 Å². The molecule has 0 aliphatic carbocycles. The molecule has 8 heteroatoms. The number of halogens is 1. The van der Waals surface area contributed by atoms with E-state index in [-0.39, 0.29) is 11.7 Å². The first-order valence-corrected chi connectivity index (χ1v) is 9.59. The number of imidazole rings is 1. The lowest BCUT2D eigenvalue weighted by Gasteiger charge is -2.19. The van der Waals surface area contributed by atoms with Crippen LogP contribution in [0.25, 0.3) is 6.08 Å².